The lowest BCUT2D eigenvalue weighted by Crippen LogP contribution is -1.77. The van der Waals surface area contributed by atoms with Crippen LogP contribution in [-0.4, -0.2) is 6.29 Å². The number of thiophene rings is 1. The summed E-state index contributed by atoms with van der Waals surface area (Å²) < 4.78 is 1.78. The van der Waals surface area contributed by atoms with Crippen LogP contribution in [0.25, 0.3) is 10.1 Å². The van der Waals surface area contributed by atoms with Crippen molar-refractivity contribution in [1.82, 2.24) is 0 Å². The molecule has 2 aromatic rings. The summed E-state index contributed by atoms with van der Waals surface area (Å²) >= 11 is 7.30. The van der Waals surface area contributed by atoms with Gasteiger partial charge in [0.1, 0.15) is 0 Å². The van der Waals surface area contributed by atoms with E-state index in [0.717, 1.165) is 20.7 Å². The van der Waals surface area contributed by atoms with Crippen molar-refractivity contribution in [2.24, 2.45) is 0 Å². The van der Waals surface area contributed by atoms with Crippen molar-refractivity contribution < 1.29 is 4.79 Å². The lowest BCUT2D eigenvalue weighted by atomic mass is 10.1. The number of hydrogen-bond donors (Lipinski definition) is 0. The third-order valence-electron chi connectivity index (χ3n) is 1.69. The topological polar surface area (TPSA) is 17.1 Å². The Hall–Kier alpha value is -0.860. The van der Waals surface area contributed by atoms with Crippen LogP contribution in [0.2, 0.25) is 4.34 Å². The molecular weight excluding hydrogens is 192 g/mol. The van der Waals surface area contributed by atoms with E-state index in [2.05, 4.69) is 0 Å². The first-order valence-corrected chi connectivity index (χ1v) is 4.64. The summed E-state index contributed by atoms with van der Waals surface area (Å²) in [6.07, 6.45) is 0.853. The van der Waals surface area contributed by atoms with Crippen LogP contribution in [0.3, 0.4) is 0 Å². The molecule has 0 amide bonds. The largest absolute Gasteiger partial charge is 0.298 e. The minimum absolute atomic E-state index is 0.704. The van der Waals surface area contributed by atoms with E-state index < -0.39 is 0 Å². The standard InChI is InChI=1S/C9H5ClOS/c10-9-4-7-6(5-11)2-1-3-8(7)12-9/h1-5H. The number of carbonyl (C=O) groups is 1. The molecule has 1 aromatic heterocycles. The highest BCUT2D eigenvalue weighted by molar-refractivity contribution is 7.22. The lowest BCUT2D eigenvalue weighted by molar-refractivity contribution is 0.112. The number of carbonyl (C=O) groups excluding carboxylic acids is 1. The van der Waals surface area contributed by atoms with Gasteiger partial charge in [0.2, 0.25) is 0 Å². The van der Waals surface area contributed by atoms with Crippen molar-refractivity contribution >= 4 is 39.3 Å². The number of hydrogen-bond acceptors (Lipinski definition) is 2. The van der Waals surface area contributed by atoms with E-state index in [-0.39, 0.29) is 0 Å². The average Bonchev–Trinajstić information content (AvgIpc) is 2.44. The molecule has 0 N–H and O–H groups in total. The third kappa shape index (κ3) is 1.13. The van der Waals surface area contributed by atoms with Crippen molar-refractivity contribution in [3.8, 4) is 0 Å². The zero-order valence-corrected chi connectivity index (χ0v) is 7.65. The predicted octanol–water partition coefficient (Wildman–Crippen LogP) is 3.37. The van der Waals surface area contributed by atoms with E-state index in [1.165, 1.54) is 11.3 Å². The fourth-order valence-corrected chi connectivity index (χ4v) is 2.33. The Morgan fingerprint density at radius 3 is 3.00 bits per heavy atom. The van der Waals surface area contributed by atoms with E-state index in [9.17, 15) is 4.79 Å². The number of fused-ring (bicyclic) bond motifs is 1. The Labute approximate surface area is 78.6 Å². The van der Waals surface area contributed by atoms with Crippen LogP contribution < -0.4 is 0 Å². The van der Waals surface area contributed by atoms with E-state index >= 15 is 0 Å². The van der Waals surface area contributed by atoms with Gasteiger partial charge in [-0.2, -0.15) is 0 Å². The second kappa shape index (κ2) is 2.88. The first-order chi connectivity index (χ1) is 5.81. The van der Waals surface area contributed by atoms with Gasteiger partial charge >= 0.3 is 0 Å². The van der Waals surface area contributed by atoms with Crippen LogP contribution in [-0.2, 0) is 0 Å². The molecule has 1 heterocycles. The van der Waals surface area contributed by atoms with Gasteiger partial charge in [-0.05, 0) is 12.1 Å². The number of benzene rings is 1. The molecule has 60 valence electrons. The molecule has 0 aliphatic heterocycles. The molecule has 2 rings (SSSR count). The summed E-state index contributed by atoms with van der Waals surface area (Å²) in [5.41, 5.74) is 0.704. The maximum atomic E-state index is 10.6. The summed E-state index contributed by atoms with van der Waals surface area (Å²) in [4.78, 5) is 10.6. The number of halogens is 1. The Morgan fingerprint density at radius 2 is 2.25 bits per heavy atom. The highest BCUT2D eigenvalue weighted by Crippen LogP contribution is 2.30. The smallest absolute Gasteiger partial charge is 0.150 e. The van der Waals surface area contributed by atoms with Crippen LogP contribution in [0.15, 0.2) is 24.3 Å². The fraction of sp³-hybridized carbons (Fsp3) is 0. The SMILES string of the molecule is O=Cc1cccc2sc(Cl)cc12. The molecule has 12 heavy (non-hydrogen) atoms. The summed E-state index contributed by atoms with van der Waals surface area (Å²) in [7, 11) is 0. The molecule has 0 saturated carbocycles. The van der Waals surface area contributed by atoms with Crippen LogP contribution in [0.1, 0.15) is 10.4 Å². The summed E-state index contributed by atoms with van der Waals surface area (Å²) in [6, 6.07) is 7.43. The molecule has 0 saturated heterocycles. The van der Waals surface area contributed by atoms with Gasteiger partial charge in [0, 0.05) is 15.6 Å². The molecule has 0 radical (unpaired) electrons. The van der Waals surface area contributed by atoms with Crippen molar-refractivity contribution in [3.63, 3.8) is 0 Å². The Balaban J connectivity index is 2.86. The maximum Gasteiger partial charge on any atom is 0.150 e. The Morgan fingerprint density at radius 1 is 1.42 bits per heavy atom. The number of aldehydes is 1. The minimum Gasteiger partial charge on any atom is -0.298 e. The molecule has 0 aliphatic carbocycles. The molecule has 1 aromatic carbocycles. The molecule has 0 atom stereocenters. The van der Waals surface area contributed by atoms with Gasteiger partial charge in [0.15, 0.2) is 6.29 Å². The highest BCUT2D eigenvalue weighted by Gasteiger charge is 2.02. The van der Waals surface area contributed by atoms with Crippen molar-refractivity contribution in [2.45, 2.75) is 0 Å². The normalized spacial score (nSPS) is 10.4. The molecule has 1 nitrogen and oxygen atoms in total. The molecule has 0 spiro atoms. The van der Waals surface area contributed by atoms with Crippen LogP contribution >= 0.6 is 22.9 Å². The van der Waals surface area contributed by atoms with Gasteiger partial charge in [0.05, 0.1) is 4.34 Å². The quantitative estimate of drug-likeness (QED) is 0.640. The van der Waals surface area contributed by atoms with Gasteiger partial charge in [-0.3, -0.25) is 4.79 Å². The van der Waals surface area contributed by atoms with Crippen molar-refractivity contribution in [3.05, 3.63) is 34.2 Å². The predicted molar refractivity (Wildman–Crippen MR) is 52.2 cm³/mol. The Kier molecular flexibility index (Phi) is 1.87. The second-order valence-electron chi connectivity index (χ2n) is 2.43. The first kappa shape index (κ1) is 7.77. The van der Waals surface area contributed by atoms with Gasteiger partial charge < -0.3 is 0 Å². The summed E-state index contributed by atoms with van der Waals surface area (Å²) in [5, 5.41) is 0.947. The van der Waals surface area contributed by atoms with Crippen LogP contribution in [0.5, 0.6) is 0 Å². The second-order valence-corrected chi connectivity index (χ2v) is 4.14. The molecule has 0 unspecified atom stereocenters. The van der Waals surface area contributed by atoms with E-state index in [1.54, 1.807) is 6.07 Å². The minimum atomic E-state index is 0.704. The lowest BCUT2D eigenvalue weighted by Gasteiger charge is -1.90. The monoisotopic (exact) mass is 196 g/mol. The molecule has 3 heteroatoms. The fourth-order valence-electron chi connectivity index (χ4n) is 1.16. The third-order valence-corrected chi connectivity index (χ3v) is 2.92. The van der Waals surface area contributed by atoms with E-state index in [1.807, 2.05) is 18.2 Å². The van der Waals surface area contributed by atoms with Gasteiger partial charge in [0.25, 0.3) is 0 Å². The molecule has 0 aliphatic rings. The Bertz CT molecular complexity index is 433. The van der Waals surface area contributed by atoms with Gasteiger partial charge in [-0.1, -0.05) is 23.7 Å². The average molecular weight is 197 g/mol. The molecule has 0 bridgehead atoms. The first-order valence-electron chi connectivity index (χ1n) is 3.44. The molecular formula is C9H5ClOS. The van der Waals surface area contributed by atoms with Crippen molar-refractivity contribution in [2.75, 3.05) is 0 Å². The van der Waals surface area contributed by atoms with Crippen LogP contribution in [0, 0.1) is 0 Å². The summed E-state index contributed by atoms with van der Waals surface area (Å²) in [5.74, 6) is 0. The molecule has 0 fully saturated rings. The number of rotatable bonds is 1. The van der Waals surface area contributed by atoms with E-state index in [4.69, 9.17) is 11.6 Å². The maximum absolute atomic E-state index is 10.6. The van der Waals surface area contributed by atoms with Gasteiger partial charge in [-0.15, -0.1) is 11.3 Å². The van der Waals surface area contributed by atoms with Crippen molar-refractivity contribution in [1.29, 1.82) is 0 Å². The van der Waals surface area contributed by atoms with Gasteiger partial charge in [-0.25, -0.2) is 0 Å². The zero-order chi connectivity index (χ0) is 8.55. The van der Waals surface area contributed by atoms with E-state index in [0.29, 0.717) is 5.56 Å². The van der Waals surface area contributed by atoms with Crippen LogP contribution in [0.4, 0.5) is 0 Å². The zero-order valence-electron chi connectivity index (χ0n) is 6.08. The summed E-state index contributed by atoms with van der Waals surface area (Å²) in [6.45, 7) is 0. The highest BCUT2D eigenvalue weighted by atomic mass is 35.5.